The molecule has 1 N–H and O–H groups in total. The van der Waals surface area contributed by atoms with E-state index >= 15 is 0 Å². The van der Waals surface area contributed by atoms with Gasteiger partial charge in [0, 0.05) is 11.8 Å². The van der Waals surface area contributed by atoms with Crippen LogP contribution in [-0.2, 0) is 0 Å². The van der Waals surface area contributed by atoms with Crippen molar-refractivity contribution in [3.05, 3.63) is 60.1 Å². The molecule has 2 nitrogen and oxygen atoms in total. The van der Waals surface area contributed by atoms with Gasteiger partial charge >= 0.3 is 0 Å². The molecule has 0 aliphatic carbocycles. The average molecular weight is 261 g/mol. The van der Waals surface area contributed by atoms with E-state index in [1.807, 2.05) is 30.0 Å². The standard InChI is InChI=1S/C15H19NOS/c1-12(11-18-2)16-15(14-9-6-10-17-14)13-7-4-3-5-8-13/h3-10,12,15-16H,11H2,1-2H3. The second-order valence-corrected chi connectivity index (χ2v) is 5.29. The van der Waals surface area contributed by atoms with Gasteiger partial charge in [-0.2, -0.15) is 11.8 Å². The van der Waals surface area contributed by atoms with Crippen LogP contribution in [0, 0.1) is 0 Å². The van der Waals surface area contributed by atoms with Gasteiger partial charge in [-0.05, 0) is 30.9 Å². The Morgan fingerprint density at radius 2 is 1.94 bits per heavy atom. The highest BCUT2D eigenvalue weighted by Gasteiger charge is 2.18. The topological polar surface area (TPSA) is 25.2 Å². The fourth-order valence-electron chi connectivity index (χ4n) is 2.03. The van der Waals surface area contributed by atoms with Crippen LogP contribution in [0.25, 0.3) is 0 Å². The van der Waals surface area contributed by atoms with Crippen LogP contribution in [0.3, 0.4) is 0 Å². The molecule has 3 heteroatoms. The summed E-state index contributed by atoms with van der Waals surface area (Å²) in [7, 11) is 0. The third-order valence-corrected chi connectivity index (χ3v) is 3.66. The molecule has 2 unspecified atom stereocenters. The highest BCUT2D eigenvalue weighted by atomic mass is 32.2. The summed E-state index contributed by atoms with van der Waals surface area (Å²) in [6.07, 6.45) is 3.86. The number of furan rings is 1. The minimum Gasteiger partial charge on any atom is -0.467 e. The van der Waals surface area contributed by atoms with Gasteiger partial charge < -0.3 is 9.73 Å². The predicted octanol–water partition coefficient (Wildman–Crippen LogP) is 3.71. The van der Waals surface area contributed by atoms with Gasteiger partial charge in [0.2, 0.25) is 0 Å². The van der Waals surface area contributed by atoms with Gasteiger partial charge in [-0.25, -0.2) is 0 Å². The summed E-state index contributed by atoms with van der Waals surface area (Å²) in [5.74, 6) is 2.05. The van der Waals surface area contributed by atoms with Crippen molar-refractivity contribution >= 4 is 11.8 Å². The van der Waals surface area contributed by atoms with E-state index in [0.29, 0.717) is 6.04 Å². The third kappa shape index (κ3) is 3.40. The van der Waals surface area contributed by atoms with Gasteiger partial charge in [0.05, 0.1) is 12.3 Å². The summed E-state index contributed by atoms with van der Waals surface area (Å²) in [6, 6.07) is 15.0. The number of nitrogens with one attached hydrogen (secondary N) is 1. The highest BCUT2D eigenvalue weighted by Crippen LogP contribution is 2.23. The SMILES string of the molecule is CSCC(C)NC(c1ccccc1)c1ccco1. The van der Waals surface area contributed by atoms with Crippen molar-refractivity contribution in [1.29, 1.82) is 0 Å². The molecule has 0 saturated carbocycles. The van der Waals surface area contributed by atoms with Crippen molar-refractivity contribution in [1.82, 2.24) is 5.32 Å². The van der Waals surface area contributed by atoms with E-state index in [1.54, 1.807) is 6.26 Å². The maximum atomic E-state index is 5.56. The Bertz CT molecular complexity index is 441. The van der Waals surface area contributed by atoms with Crippen LogP contribution in [0.4, 0.5) is 0 Å². The Kier molecular flexibility index (Phi) is 4.90. The molecule has 2 aromatic rings. The van der Waals surface area contributed by atoms with E-state index in [-0.39, 0.29) is 6.04 Å². The minimum absolute atomic E-state index is 0.128. The lowest BCUT2D eigenvalue weighted by atomic mass is 10.0. The third-order valence-electron chi connectivity index (χ3n) is 2.83. The number of hydrogen-bond donors (Lipinski definition) is 1. The van der Waals surface area contributed by atoms with E-state index < -0.39 is 0 Å². The van der Waals surface area contributed by atoms with E-state index in [1.165, 1.54) is 5.56 Å². The number of rotatable bonds is 6. The highest BCUT2D eigenvalue weighted by molar-refractivity contribution is 7.98. The lowest BCUT2D eigenvalue weighted by molar-refractivity contribution is 0.426. The second-order valence-electron chi connectivity index (χ2n) is 4.38. The zero-order valence-corrected chi connectivity index (χ0v) is 11.6. The van der Waals surface area contributed by atoms with Crippen molar-refractivity contribution in [2.24, 2.45) is 0 Å². The normalized spacial score (nSPS) is 14.3. The molecule has 2 rings (SSSR count). The molecule has 0 amide bonds. The number of benzene rings is 1. The minimum atomic E-state index is 0.128. The Morgan fingerprint density at radius 3 is 2.56 bits per heavy atom. The first-order valence-electron chi connectivity index (χ1n) is 6.14. The smallest absolute Gasteiger partial charge is 0.125 e. The Balaban J connectivity index is 2.19. The molecule has 0 bridgehead atoms. The largest absolute Gasteiger partial charge is 0.467 e. The fourth-order valence-corrected chi connectivity index (χ4v) is 2.62. The molecule has 18 heavy (non-hydrogen) atoms. The quantitative estimate of drug-likeness (QED) is 0.858. The molecule has 1 aromatic carbocycles. The van der Waals surface area contributed by atoms with Crippen molar-refractivity contribution in [2.75, 3.05) is 12.0 Å². The molecular weight excluding hydrogens is 242 g/mol. The van der Waals surface area contributed by atoms with Gasteiger partial charge in [-0.3, -0.25) is 0 Å². The molecule has 2 atom stereocenters. The summed E-state index contributed by atoms with van der Waals surface area (Å²) >= 11 is 1.85. The molecule has 0 spiro atoms. The summed E-state index contributed by atoms with van der Waals surface area (Å²) in [5.41, 5.74) is 1.24. The number of thioether (sulfide) groups is 1. The van der Waals surface area contributed by atoms with Crippen LogP contribution in [0.5, 0.6) is 0 Å². The molecule has 0 fully saturated rings. The lowest BCUT2D eigenvalue weighted by Crippen LogP contribution is -2.32. The molecule has 1 aromatic heterocycles. The van der Waals surface area contributed by atoms with Gasteiger partial charge in [-0.15, -0.1) is 0 Å². The molecule has 0 radical (unpaired) electrons. The monoisotopic (exact) mass is 261 g/mol. The van der Waals surface area contributed by atoms with Crippen LogP contribution in [0.15, 0.2) is 53.1 Å². The van der Waals surface area contributed by atoms with Gasteiger partial charge in [0.15, 0.2) is 0 Å². The molecule has 0 aliphatic rings. The van der Waals surface area contributed by atoms with Crippen molar-refractivity contribution in [3.8, 4) is 0 Å². The van der Waals surface area contributed by atoms with Gasteiger partial charge in [-0.1, -0.05) is 30.3 Å². The summed E-state index contributed by atoms with van der Waals surface area (Å²) in [6.45, 7) is 2.20. The first-order chi connectivity index (χ1) is 8.81. The first kappa shape index (κ1) is 13.2. The Labute approximate surface area is 113 Å². The van der Waals surface area contributed by atoms with Crippen molar-refractivity contribution in [3.63, 3.8) is 0 Å². The van der Waals surface area contributed by atoms with Crippen LogP contribution >= 0.6 is 11.8 Å². The van der Waals surface area contributed by atoms with Crippen LogP contribution in [0.1, 0.15) is 24.3 Å². The molecular formula is C15H19NOS. The molecule has 96 valence electrons. The second kappa shape index (κ2) is 6.66. The van der Waals surface area contributed by atoms with E-state index in [4.69, 9.17) is 4.42 Å². The van der Waals surface area contributed by atoms with Crippen molar-refractivity contribution < 1.29 is 4.42 Å². The zero-order valence-electron chi connectivity index (χ0n) is 10.8. The fraction of sp³-hybridized carbons (Fsp3) is 0.333. The maximum Gasteiger partial charge on any atom is 0.125 e. The van der Waals surface area contributed by atoms with Gasteiger partial charge in [0.25, 0.3) is 0 Å². The molecule has 0 saturated heterocycles. The van der Waals surface area contributed by atoms with Gasteiger partial charge in [0.1, 0.15) is 5.76 Å². The van der Waals surface area contributed by atoms with E-state index in [0.717, 1.165) is 11.5 Å². The average Bonchev–Trinajstić information content (AvgIpc) is 2.91. The Hall–Kier alpha value is -1.19. The Morgan fingerprint density at radius 1 is 1.17 bits per heavy atom. The van der Waals surface area contributed by atoms with Crippen LogP contribution < -0.4 is 5.32 Å². The maximum absolute atomic E-state index is 5.56. The lowest BCUT2D eigenvalue weighted by Gasteiger charge is -2.21. The zero-order chi connectivity index (χ0) is 12.8. The van der Waals surface area contributed by atoms with Crippen LogP contribution in [0.2, 0.25) is 0 Å². The summed E-state index contributed by atoms with van der Waals surface area (Å²) in [4.78, 5) is 0. The molecule has 1 heterocycles. The summed E-state index contributed by atoms with van der Waals surface area (Å²) in [5, 5.41) is 3.62. The van der Waals surface area contributed by atoms with E-state index in [9.17, 15) is 0 Å². The molecule has 0 aliphatic heterocycles. The van der Waals surface area contributed by atoms with Crippen LogP contribution in [-0.4, -0.2) is 18.1 Å². The van der Waals surface area contributed by atoms with E-state index in [2.05, 4.69) is 42.8 Å². The number of hydrogen-bond acceptors (Lipinski definition) is 3. The predicted molar refractivity (Wildman–Crippen MR) is 78.0 cm³/mol. The summed E-state index contributed by atoms with van der Waals surface area (Å²) < 4.78 is 5.56. The van der Waals surface area contributed by atoms with Crippen molar-refractivity contribution in [2.45, 2.75) is 19.0 Å². The first-order valence-corrected chi connectivity index (χ1v) is 7.54.